The second-order valence-electron chi connectivity index (χ2n) is 5.37. The van der Waals surface area contributed by atoms with Gasteiger partial charge in [-0.2, -0.15) is 0 Å². The van der Waals surface area contributed by atoms with Crippen LogP contribution in [0.4, 0.5) is 5.69 Å². The van der Waals surface area contributed by atoms with Crippen LogP contribution in [-0.2, 0) is 0 Å². The van der Waals surface area contributed by atoms with E-state index in [1.54, 1.807) is 6.07 Å². The van der Waals surface area contributed by atoms with E-state index in [1.165, 1.54) is 5.69 Å². The van der Waals surface area contributed by atoms with E-state index in [9.17, 15) is 5.11 Å². The molecule has 0 aliphatic carbocycles. The smallest absolute Gasteiger partial charge is 0.121 e. The first-order chi connectivity index (χ1) is 8.00. The minimum atomic E-state index is 0.166. The number of anilines is 1. The molecule has 0 radical (unpaired) electrons. The molecule has 1 aliphatic heterocycles. The van der Waals surface area contributed by atoms with Gasteiger partial charge >= 0.3 is 0 Å². The second-order valence-corrected chi connectivity index (χ2v) is 5.37. The Hall–Kier alpha value is -1.22. The Morgan fingerprint density at radius 2 is 2.12 bits per heavy atom. The van der Waals surface area contributed by atoms with E-state index in [0.717, 1.165) is 18.5 Å². The van der Waals surface area contributed by atoms with E-state index in [4.69, 9.17) is 5.73 Å². The number of benzene rings is 1. The SMILES string of the molecule is CC(N)CC1CN(C(C)C)c2cccc(O)c21. The van der Waals surface area contributed by atoms with Crippen LogP contribution in [0.5, 0.6) is 5.75 Å². The maximum atomic E-state index is 10.0. The second kappa shape index (κ2) is 4.57. The molecule has 0 spiro atoms. The molecule has 0 saturated carbocycles. The fraction of sp³-hybridized carbons (Fsp3) is 0.571. The Balaban J connectivity index is 2.38. The third-order valence-electron chi connectivity index (χ3n) is 3.47. The van der Waals surface area contributed by atoms with Gasteiger partial charge in [-0.05, 0) is 39.3 Å². The van der Waals surface area contributed by atoms with Crippen molar-refractivity contribution in [2.45, 2.75) is 45.2 Å². The molecule has 3 nitrogen and oxygen atoms in total. The molecule has 0 amide bonds. The Bertz CT molecular complexity index is 401. The molecule has 1 aromatic carbocycles. The van der Waals surface area contributed by atoms with Gasteiger partial charge in [0, 0.05) is 35.8 Å². The summed E-state index contributed by atoms with van der Waals surface area (Å²) in [5.41, 5.74) is 8.15. The molecule has 2 atom stereocenters. The summed E-state index contributed by atoms with van der Waals surface area (Å²) in [5.74, 6) is 0.768. The summed E-state index contributed by atoms with van der Waals surface area (Å²) in [5, 5.41) is 10.0. The molecule has 2 unspecified atom stereocenters. The molecule has 3 heteroatoms. The summed E-state index contributed by atoms with van der Waals surface area (Å²) in [6.07, 6.45) is 0.924. The normalized spacial score (nSPS) is 20.8. The number of hydrogen-bond donors (Lipinski definition) is 2. The van der Waals surface area contributed by atoms with Gasteiger partial charge in [0.05, 0.1) is 0 Å². The topological polar surface area (TPSA) is 49.5 Å². The van der Waals surface area contributed by atoms with E-state index >= 15 is 0 Å². The number of phenolic OH excluding ortho intramolecular Hbond substituents is 1. The predicted molar refractivity (Wildman–Crippen MR) is 71.6 cm³/mol. The van der Waals surface area contributed by atoms with Gasteiger partial charge in [-0.3, -0.25) is 0 Å². The molecule has 0 saturated heterocycles. The molecule has 0 bridgehead atoms. The largest absolute Gasteiger partial charge is 0.508 e. The summed E-state index contributed by atoms with van der Waals surface area (Å²) >= 11 is 0. The van der Waals surface area contributed by atoms with Crippen molar-refractivity contribution in [2.75, 3.05) is 11.4 Å². The summed E-state index contributed by atoms with van der Waals surface area (Å²) in [7, 11) is 0. The standard InChI is InChI=1S/C14H22N2O/c1-9(2)16-8-11(7-10(3)15)14-12(16)5-4-6-13(14)17/h4-6,9-11,17H,7-8,15H2,1-3H3. The molecule has 2 rings (SSSR count). The van der Waals surface area contributed by atoms with Crippen LogP contribution in [0, 0.1) is 0 Å². The van der Waals surface area contributed by atoms with E-state index in [-0.39, 0.29) is 6.04 Å². The van der Waals surface area contributed by atoms with Gasteiger partial charge < -0.3 is 15.7 Å². The lowest BCUT2D eigenvalue weighted by Crippen LogP contribution is -2.30. The number of nitrogens with zero attached hydrogens (tertiary/aromatic N) is 1. The molecular weight excluding hydrogens is 212 g/mol. The van der Waals surface area contributed by atoms with E-state index in [2.05, 4.69) is 24.8 Å². The van der Waals surface area contributed by atoms with Gasteiger partial charge in [0.2, 0.25) is 0 Å². The van der Waals surface area contributed by atoms with Crippen LogP contribution in [0.3, 0.4) is 0 Å². The molecule has 0 aromatic heterocycles. The molecule has 3 N–H and O–H groups in total. The van der Waals surface area contributed by atoms with Gasteiger partial charge in [0.1, 0.15) is 5.75 Å². The third-order valence-corrected chi connectivity index (χ3v) is 3.47. The number of fused-ring (bicyclic) bond motifs is 1. The third kappa shape index (κ3) is 2.25. The zero-order valence-electron chi connectivity index (χ0n) is 10.9. The summed E-state index contributed by atoms with van der Waals surface area (Å²) in [4.78, 5) is 2.35. The lowest BCUT2D eigenvalue weighted by atomic mass is 9.94. The monoisotopic (exact) mass is 234 g/mol. The quantitative estimate of drug-likeness (QED) is 0.844. The summed E-state index contributed by atoms with van der Waals surface area (Å²) in [6.45, 7) is 7.36. The van der Waals surface area contributed by atoms with Crippen LogP contribution in [-0.4, -0.2) is 23.7 Å². The van der Waals surface area contributed by atoms with Gasteiger partial charge in [-0.1, -0.05) is 6.07 Å². The highest BCUT2D eigenvalue weighted by molar-refractivity contribution is 5.65. The number of aromatic hydroxyl groups is 1. The molecule has 1 heterocycles. The average Bonchev–Trinajstić information content (AvgIpc) is 2.57. The van der Waals surface area contributed by atoms with Crippen molar-refractivity contribution in [2.24, 2.45) is 5.73 Å². The lowest BCUT2D eigenvalue weighted by molar-refractivity contribution is 0.458. The highest BCUT2D eigenvalue weighted by Gasteiger charge is 2.32. The summed E-state index contributed by atoms with van der Waals surface area (Å²) in [6, 6.07) is 6.40. The molecular formula is C14H22N2O. The Labute approximate surface area is 103 Å². The van der Waals surface area contributed by atoms with Crippen molar-refractivity contribution in [1.29, 1.82) is 0 Å². The van der Waals surface area contributed by atoms with Crippen molar-refractivity contribution < 1.29 is 5.11 Å². The average molecular weight is 234 g/mol. The van der Waals surface area contributed by atoms with Crippen molar-refractivity contribution in [3.05, 3.63) is 23.8 Å². The fourth-order valence-corrected chi connectivity index (χ4v) is 2.77. The highest BCUT2D eigenvalue weighted by atomic mass is 16.3. The maximum Gasteiger partial charge on any atom is 0.121 e. The summed E-state index contributed by atoms with van der Waals surface area (Å²) < 4.78 is 0. The van der Waals surface area contributed by atoms with Gasteiger partial charge in [-0.15, -0.1) is 0 Å². The van der Waals surface area contributed by atoms with Crippen LogP contribution in [0.15, 0.2) is 18.2 Å². The number of phenols is 1. The first-order valence-electron chi connectivity index (χ1n) is 6.34. The lowest BCUT2D eigenvalue weighted by Gasteiger charge is -2.24. The number of nitrogens with two attached hydrogens (primary N) is 1. The Morgan fingerprint density at radius 1 is 1.41 bits per heavy atom. The Morgan fingerprint density at radius 3 is 2.71 bits per heavy atom. The highest BCUT2D eigenvalue weighted by Crippen LogP contribution is 2.44. The van der Waals surface area contributed by atoms with E-state index in [0.29, 0.717) is 17.7 Å². The molecule has 17 heavy (non-hydrogen) atoms. The van der Waals surface area contributed by atoms with Crippen LogP contribution < -0.4 is 10.6 Å². The minimum absolute atomic E-state index is 0.166. The minimum Gasteiger partial charge on any atom is -0.508 e. The van der Waals surface area contributed by atoms with Crippen LogP contribution in [0.1, 0.15) is 38.7 Å². The van der Waals surface area contributed by atoms with E-state index < -0.39 is 0 Å². The number of hydrogen-bond acceptors (Lipinski definition) is 3. The van der Waals surface area contributed by atoms with Gasteiger partial charge in [0.25, 0.3) is 0 Å². The zero-order chi connectivity index (χ0) is 12.6. The molecule has 1 aromatic rings. The van der Waals surface area contributed by atoms with Crippen molar-refractivity contribution in [3.8, 4) is 5.75 Å². The first kappa shape index (κ1) is 12.2. The van der Waals surface area contributed by atoms with E-state index in [1.807, 2.05) is 13.0 Å². The van der Waals surface area contributed by atoms with Gasteiger partial charge in [0.15, 0.2) is 0 Å². The van der Waals surface area contributed by atoms with Crippen LogP contribution >= 0.6 is 0 Å². The van der Waals surface area contributed by atoms with Crippen LogP contribution in [0.25, 0.3) is 0 Å². The Kier molecular flexibility index (Phi) is 3.29. The predicted octanol–water partition coefficient (Wildman–Crippen LogP) is 2.44. The van der Waals surface area contributed by atoms with Crippen molar-refractivity contribution >= 4 is 5.69 Å². The van der Waals surface area contributed by atoms with Crippen LogP contribution in [0.2, 0.25) is 0 Å². The molecule has 94 valence electrons. The van der Waals surface area contributed by atoms with Crippen molar-refractivity contribution in [1.82, 2.24) is 0 Å². The molecule has 0 fully saturated rings. The fourth-order valence-electron chi connectivity index (χ4n) is 2.77. The molecule has 1 aliphatic rings. The first-order valence-corrected chi connectivity index (χ1v) is 6.34. The van der Waals surface area contributed by atoms with Gasteiger partial charge in [-0.25, -0.2) is 0 Å². The maximum absolute atomic E-state index is 10.0. The van der Waals surface area contributed by atoms with Crippen molar-refractivity contribution in [3.63, 3.8) is 0 Å². The zero-order valence-corrected chi connectivity index (χ0v) is 10.9. The number of rotatable bonds is 3.